The Morgan fingerprint density at radius 3 is 2.79 bits per heavy atom. The fourth-order valence-corrected chi connectivity index (χ4v) is 0.912. The lowest BCUT2D eigenvalue weighted by atomic mass is 10.2. The largest absolute Gasteiger partial charge is 0.439 e. The van der Waals surface area contributed by atoms with Crippen molar-refractivity contribution in [2.24, 2.45) is 0 Å². The van der Waals surface area contributed by atoms with Crippen LogP contribution in [0.1, 0.15) is 23.7 Å². The second-order valence-electron chi connectivity index (χ2n) is 2.89. The Kier molecular flexibility index (Phi) is 3.22. The maximum absolute atomic E-state index is 10.4. The third-order valence-electron chi connectivity index (χ3n) is 1.74. The number of hydrogen-bond donors (Lipinski definition) is 2. The number of carbonyl (C=O) groups is 1. The number of aldehydes is 1. The van der Waals surface area contributed by atoms with Crippen molar-refractivity contribution in [1.82, 2.24) is 0 Å². The average molecular weight is 196 g/mol. The van der Waals surface area contributed by atoms with E-state index in [1.807, 2.05) is 0 Å². The molecule has 0 spiro atoms. The molecule has 0 fully saturated rings. The molecule has 0 saturated heterocycles. The lowest BCUT2D eigenvalue weighted by Gasteiger charge is -2.20. The molecule has 1 aromatic rings. The lowest BCUT2D eigenvalue weighted by molar-refractivity contribution is -0.292. The molecular weight excluding hydrogens is 184 g/mol. The Balaban J connectivity index is 2.81. The number of rotatable bonds is 4. The van der Waals surface area contributed by atoms with Crippen molar-refractivity contribution in [2.75, 3.05) is 0 Å². The van der Waals surface area contributed by atoms with Gasteiger partial charge in [0.15, 0.2) is 0 Å². The van der Waals surface area contributed by atoms with Crippen LogP contribution in [0.2, 0.25) is 0 Å². The summed E-state index contributed by atoms with van der Waals surface area (Å²) in [7, 11) is 0. The summed E-state index contributed by atoms with van der Waals surface area (Å²) >= 11 is 0. The molecule has 14 heavy (non-hydrogen) atoms. The highest BCUT2D eigenvalue weighted by atomic mass is 16.8. The topological polar surface area (TPSA) is 66.8 Å². The van der Waals surface area contributed by atoms with Gasteiger partial charge in [0, 0.05) is 12.0 Å². The summed E-state index contributed by atoms with van der Waals surface area (Å²) in [4.78, 5) is 10.4. The van der Waals surface area contributed by atoms with Gasteiger partial charge in [-0.3, -0.25) is 4.79 Å². The van der Waals surface area contributed by atoms with E-state index in [9.17, 15) is 15.0 Å². The van der Waals surface area contributed by atoms with Gasteiger partial charge in [-0.05, 0) is 12.1 Å². The molecule has 1 aromatic carbocycles. The van der Waals surface area contributed by atoms with E-state index >= 15 is 0 Å². The molecule has 4 nitrogen and oxygen atoms in total. The fourth-order valence-electron chi connectivity index (χ4n) is 0.912. The Labute approximate surface area is 81.8 Å². The molecule has 0 aromatic heterocycles. The lowest BCUT2D eigenvalue weighted by Crippen LogP contribution is -2.34. The number of ether oxygens (including phenoxy) is 1. The standard InChI is InChI=1S/C10H12O4/c1-2-10(12,13)14-9-5-3-4-8(6-9)7-11/h3-7,12-13H,2H2,1H3. The molecule has 0 heterocycles. The first-order valence-corrected chi connectivity index (χ1v) is 4.26. The molecule has 0 atom stereocenters. The molecule has 76 valence electrons. The number of hydrogen-bond acceptors (Lipinski definition) is 4. The molecule has 1 rings (SSSR count). The highest BCUT2D eigenvalue weighted by Gasteiger charge is 2.22. The fraction of sp³-hybridized carbons (Fsp3) is 0.300. The van der Waals surface area contributed by atoms with Crippen molar-refractivity contribution in [2.45, 2.75) is 19.3 Å². The summed E-state index contributed by atoms with van der Waals surface area (Å²) < 4.78 is 4.85. The van der Waals surface area contributed by atoms with Crippen molar-refractivity contribution in [3.05, 3.63) is 29.8 Å². The Morgan fingerprint density at radius 2 is 2.21 bits per heavy atom. The minimum atomic E-state index is -2.18. The molecule has 0 saturated carbocycles. The predicted octanol–water partition coefficient (Wildman–Crippen LogP) is 0.926. The molecule has 0 amide bonds. The van der Waals surface area contributed by atoms with Crippen LogP contribution >= 0.6 is 0 Å². The van der Waals surface area contributed by atoms with Crippen LogP contribution in [0.15, 0.2) is 24.3 Å². The smallest absolute Gasteiger partial charge is 0.321 e. The maximum atomic E-state index is 10.4. The summed E-state index contributed by atoms with van der Waals surface area (Å²) in [5.41, 5.74) is 0.425. The van der Waals surface area contributed by atoms with E-state index in [1.165, 1.54) is 6.07 Å². The van der Waals surface area contributed by atoms with Gasteiger partial charge in [-0.15, -0.1) is 0 Å². The van der Waals surface area contributed by atoms with Crippen LogP contribution in [0, 0.1) is 0 Å². The SMILES string of the molecule is CCC(O)(O)Oc1cccc(C=O)c1. The van der Waals surface area contributed by atoms with Crippen LogP contribution in [-0.2, 0) is 0 Å². The summed E-state index contributed by atoms with van der Waals surface area (Å²) in [5.74, 6) is -1.93. The molecule has 4 heteroatoms. The molecule has 0 bridgehead atoms. The highest BCUT2D eigenvalue weighted by molar-refractivity contribution is 5.75. The summed E-state index contributed by atoms with van der Waals surface area (Å²) in [5, 5.41) is 18.4. The molecule has 0 radical (unpaired) electrons. The van der Waals surface area contributed by atoms with Crippen LogP contribution in [0.5, 0.6) is 5.75 Å². The predicted molar refractivity (Wildman–Crippen MR) is 49.9 cm³/mol. The second kappa shape index (κ2) is 4.21. The van der Waals surface area contributed by atoms with Gasteiger partial charge < -0.3 is 14.9 Å². The zero-order valence-corrected chi connectivity index (χ0v) is 7.80. The van der Waals surface area contributed by atoms with Crippen LogP contribution < -0.4 is 4.74 Å². The van der Waals surface area contributed by atoms with Crippen LogP contribution in [0.25, 0.3) is 0 Å². The van der Waals surface area contributed by atoms with Gasteiger partial charge in [0.05, 0.1) is 0 Å². The van der Waals surface area contributed by atoms with Gasteiger partial charge in [0.2, 0.25) is 0 Å². The second-order valence-corrected chi connectivity index (χ2v) is 2.89. The van der Waals surface area contributed by atoms with E-state index in [1.54, 1.807) is 25.1 Å². The van der Waals surface area contributed by atoms with Gasteiger partial charge in [0.1, 0.15) is 12.0 Å². The van der Waals surface area contributed by atoms with Gasteiger partial charge in [0.25, 0.3) is 0 Å². The van der Waals surface area contributed by atoms with Gasteiger partial charge in [-0.2, -0.15) is 0 Å². The van der Waals surface area contributed by atoms with E-state index in [0.717, 1.165) is 0 Å². The molecule has 0 unspecified atom stereocenters. The summed E-state index contributed by atoms with van der Waals surface area (Å²) in [6.45, 7) is 1.57. The number of aliphatic hydroxyl groups is 2. The van der Waals surface area contributed by atoms with E-state index < -0.39 is 5.97 Å². The maximum Gasteiger partial charge on any atom is 0.321 e. The monoisotopic (exact) mass is 196 g/mol. The first kappa shape index (κ1) is 10.7. The minimum Gasteiger partial charge on any atom is -0.439 e. The van der Waals surface area contributed by atoms with E-state index in [0.29, 0.717) is 11.8 Å². The first-order valence-electron chi connectivity index (χ1n) is 4.26. The number of benzene rings is 1. The molecule has 0 aliphatic rings. The van der Waals surface area contributed by atoms with E-state index in [4.69, 9.17) is 4.74 Å². The normalized spacial score (nSPS) is 11.1. The van der Waals surface area contributed by atoms with Crippen molar-refractivity contribution in [3.63, 3.8) is 0 Å². The zero-order valence-electron chi connectivity index (χ0n) is 7.80. The van der Waals surface area contributed by atoms with Gasteiger partial charge >= 0.3 is 5.97 Å². The third-order valence-corrected chi connectivity index (χ3v) is 1.74. The van der Waals surface area contributed by atoms with Crippen molar-refractivity contribution in [3.8, 4) is 5.75 Å². The van der Waals surface area contributed by atoms with Crippen LogP contribution in [0.4, 0.5) is 0 Å². The summed E-state index contributed by atoms with van der Waals surface area (Å²) in [6, 6.07) is 6.18. The van der Waals surface area contributed by atoms with Crippen LogP contribution in [-0.4, -0.2) is 22.5 Å². The Bertz CT molecular complexity index is 320. The zero-order chi connectivity index (χ0) is 10.6. The van der Waals surface area contributed by atoms with Crippen LogP contribution in [0.3, 0.4) is 0 Å². The van der Waals surface area contributed by atoms with Gasteiger partial charge in [-0.1, -0.05) is 19.1 Å². The quantitative estimate of drug-likeness (QED) is 0.555. The minimum absolute atomic E-state index is 0.0400. The highest BCUT2D eigenvalue weighted by Crippen LogP contribution is 2.18. The molecule has 2 N–H and O–H groups in total. The molecule has 0 aliphatic carbocycles. The molecule has 0 aliphatic heterocycles. The third kappa shape index (κ3) is 2.83. The van der Waals surface area contributed by atoms with Crippen molar-refractivity contribution >= 4 is 6.29 Å². The molecular formula is C10H12O4. The van der Waals surface area contributed by atoms with E-state index in [-0.39, 0.29) is 12.2 Å². The van der Waals surface area contributed by atoms with E-state index in [2.05, 4.69) is 0 Å². The Hall–Kier alpha value is -1.39. The average Bonchev–Trinajstić information content (AvgIpc) is 2.17. The Morgan fingerprint density at radius 1 is 1.50 bits per heavy atom. The van der Waals surface area contributed by atoms with Gasteiger partial charge in [-0.25, -0.2) is 0 Å². The first-order chi connectivity index (χ1) is 6.57. The van der Waals surface area contributed by atoms with Crippen molar-refractivity contribution < 1.29 is 19.7 Å². The van der Waals surface area contributed by atoms with Crippen molar-refractivity contribution in [1.29, 1.82) is 0 Å². The summed E-state index contributed by atoms with van der Waals surface area (Å²) in [6.07, 6.45) is 0.702. The number of carbonyl (C=O) groups excluding carboxylic acids is 1.